The van der Waals surface area contributed by atoms with Gasteiger partial charge in [0.1, 0.15) is 5.75 Å². The number of aliphatic hydroxyl groups excluding tert-OH is 1. The second kappa shape index (κ2) is 6.16. The Morgan fingerprint density at radius 3 is 2.75 bits per heavy atom. The van der Waals surface area contributed by atoms with Crippen molar-refractivity contribution in [2.24, 2.45) is 7.05 Å². The second-order valence-corrected chi connectivity index (χ2v) is 5.81. The number of ether oxygens (including phenoxy) is 1. The highest BCUT2D eigenvalue weighted by atomic mass is 79.9. The zero-order valence-corrected chi connectivity index (χ0v) is 13.9. The van der Waals surface area contributed by atoms with Gasteiger partial charge in [-0.25, -0.2) is 0 Å². The van der Waals surface area contributed by atoms with E-state index in [9.17, 15) is 5.11 Å². The average molecular weight is 360 g/mol. The van der Waals surface area contributed by atoms with E-state index in [0.717, 1.165) is 15.9 Å². The molecule has 0 fully saturated rings. The minimum Gasteiger partial charge on any atom is -0.496 e. The van der Waals surface area contributed by atoms with Crippen LogP contribution in [0.5, 0.6) is 5.75 Å². The lowest BCUT2D eigenvalue weighted by atomic mass is 10.0. The van der Waals surface area contributed by atoms with Crippen molar-refractivity contribution in [2.45, 2.75) is 19.4 Å². The highest BCUT2D eigenvalue weighted by molar-refractivity contribution is 9.10. The van der Waals surface area contributed by atoms with E-state index in [0.29, 0.717) is 22.8 Å². The third kappa shape index (κ3) is 3.00. The molecular formula is C14H16BrClN2O2. The molecule has 2 rings (SSSR count). The van der Waals surface area contributed by atoms with Gasteiger partial charge >= 0.3 is 0 Å². The van der Waals surface area contributed by atoms with E-state index in [1.165, 1.54) is 0 Å². The normalized spacial score (nSPS) is 12.5. The summed E-state index contributed by atoms with van der Waals surface area (Å²) in [7, 11) is 3.42. The van der Waals surface area contributed by atoms with Gasteiger partial charge in [0.25, 0.3) is 0 Å². The molecule has 0 spiro atoms. The molecule has 0 radical (unpaired) electrons. The van der Waals surface area contributed by atoms with Gasteiger partial charge in [0.15, 0.2) is 0 Å². The number of rotatable bonds is 4. The number of halogens is 2. The summed E-state index contributed by atoms with van der Waals surface area (Å²) in [6, 6.07) is 5.22. The molecule has 108 valence electrons. The molecule has 0 amide bonds. The fourth-order valence-electron chi connectivity index (χ4n) is 2.16. The molecular weight excluding hydrogens is 344 g/mol. The van der Waals surface area contributed by atoms with Crippen molar-refractivity contribution in [3.05, 3.63) is 44.6 Å². The average Bonchev–Trinajstić information content (AvgIpc) is 2.65. The molecule has 0 aliphatic carbocycles. The Morgan fingerprint density at radius 1 is 1.50 bits per heavy atom. The van der Waals surface area contributed by atoms with Crippen molar-refractivity contribution in [1.82, 2.24) is 9.78 Å². The van der Waals surface area contributed by atoms with Crippen LogP contribution in [0.25, 0.3) is 0 Å². The number of nitrogens with zero attached hydrogens (tertiary/aromatic N) is 2. The fourth-order valence-corrected chi connectivity index (χ4v) is 2.82. The van der Waals surface area contributed by atoms with Gasteiger partial charge in [0, 0.05) is 24.1 Å². The van der Waals surface area contributed by atoms with E-state index in [4.69, 9.17) is 16.3 Å². The molecule has 0 saturated carbocycles. The second-order valence-electron chi connectivity index (χ2n) is 4.58. The number of aryl methyl sites for hydroxylation is 2. The van der Waals surface area contributed by atoms with Crippen molar-refractivity contribution in [3.8, 4) is 5.75 Å². The smallest absolute Gasteiger partial charge is 0.126 e. The molecule has 1 heterocycles. The van der Waals surface area contributed by atoms with Crippen LogP contribution in [0, 0.1) is 6.92 Å². The number of benzene rings is 1. The topological polar surface area (TPSA) is 47.3 Å². The highest BCUT2D eigenvalue weighted by Crippen LogP contribution is 2.32. The molecule has 1 atom stereocenters. The summed E-state index contributed by atoms with van der Waals surface area (Å²) in [5.74, 6) is 0.583. The zero-order valence-electron chi connectivity index (χ0n) is 11.5. The molecule has 2 aromatic rings. The van der Waals surface area contributed by atoms with E-state index < -0.39 is 6.10 Å². The van der Waals surface area contributed by atoms with Gasteiger partial charge in [0.05, 0.1) is 29.1 Å². The molecule has 1 aromatic carbocycles. The Labute approximate surface area is 131 Å². The predicted molar refractivity (Wildman–Crippen MR) is 82.3 cm³/mol. The summed E-state index contributed by atoms with van der Waals surface area (Å²) in [6.07, 6.45) is -0.246. The van der Waals surface area contributed by atoms with Gasteiger partial charge < -0.3 is 9.84 Å². The maximum Gasteiger partial charge on any atom is 0.126 e. The fraction of sp³-hybridized carbons (Fsp3) is 0.357. The van der Waals surface area contributed by atoms with Crippen LogP contribution in [0.4, 0.5) is 0 Å². The van der Waals surface area contributed by atoms with Crippen molar-refractivity contribution in [2.75, 3.05) is 7.11 Å². The first-order chi connectivity index (χ1) is 9.43. The first-order valence-corrected chi connectivity index (χ1v) is 7.30. The molecule has 1 aromatic heterocycles. The van der Waals surface area contributed by atoms with Crippen LogP contribution >= 0.6 is 27.5 Å². The number of aliphatic hydroxyl groups is 1. The van der Waals surface area contributed by atoms with Crippen molar-refractivity contribution >= 4 is 27.5 Å². The van der Waals surface area contributed by atoms with E-state index in [2.05, 4.69) is 21.0 Å². The van der Waals surface area contributed by atoms with Crippen molar-refractivity contribution in [1.29, 1.82) is 0 Å². The van der Waals surface area contributed by atoms with E-state index in [1.807, 2.05) is 14.0 Å². The number of hydrogen-bond acceptors (Lipinski definition) is 3. The maximum atomic E-state index is 10.4. The van der Waals surface area contributed by atoms with Gasteiger partial charge in [0.2, 0.25) is 0 Å². The largest absolute Gasteiger partial charge is 0.496 e. The highest BCUT2D eigenvalue weighted by Gasteiger charge is 2.19. The SMILES string of the molecule is COc1cc(Cl)ccc1C(O)Cc1c(Br)c(C)nn1C. The van der Waals surface area contributed by atoms with E-state index in [-0.39, 0.29) is 0 Å². The summed E-state index contributed by atoms with van der Waals surface area (Å²) in [4.78, 5) is 0. The Balaban J connectivity index is 2.30. The van der Waals surface area contributed by atoms with Gasteiger partial charge in [-0.2, -0.15) is 5.10 Å². The summed E-state index contributed by atoms with van der Waals surface area (Å²) < 4.78 is 7.96. The number of aromatic nitrogens is 2. The third-order valence-electron chi connectivity index (χ3n) is 3.20. The van der Waals surface area contributed by atoms with Gasteiger partial charge in [-0.1, -0.05) is 17.7 Å². The van der Waals surface area contributed by atoms with Crippen molar-refractivity contribution < 1.29 is 9.84 Å². The van der Waals surface area contributed by atoms with Gasteiger partial charge in [-0.3, -0.25) is 4.68 Å². The Kier molecular flexibility index (Phi) is 4.73. The van der Waals surface area contributed by atoms with Crippen LogP contribution in [0.1, 0.15) is 23.1 Å². The third-order valence-corrected chi connectivity index (χ3v) is 4.47. The Hall–Kier alpha value is -1.04. The summed E-state index contributed by atoms with van der Waals surface area (Å²) >= 11 is 9.43. The lowest BCUT2D eigenvalue weighted by molar-refractivity contribution is 0.171. The van der Waals surface area contributed by atoms with Crippen LogP contribution in [0.3, 0.4) is 0 Å². The number of methoxy groups -OCH3 is 1. The molecule has 0 saturated heterocycles. The van der Waals surface area contributed by atoms with Crippen molar-refractivity contribution in [3.63, 3.8) is 0 Å². The van der Waals surface area contributed by atoms with Crippen LogP contribution in [-0.4, -0.2) is 22.0 Å². The van der Waals surface area contributed by atoms with E-state index in [1.54, 1.807) is 30.0 Å². The lowest BCUT2D eigenvalue weighted by Gasteiger charge is -2.15. The lowest BCUT2D eigenvalue weighted by Crippen LogP contribution is -2.08. The first kappa shape index (κ1) is 15.4. The first-order valence-electron chi connectivity index (χ1n) is 6.13. The summed E-state index contributed by atoms with van der Waals surface area (Å²) in [6.45, 7) is 1.92. The van der Waals surface area contributed by atoms with Crippen LogP contribution in [0.2, 0.25) is 5.02 Å². The number of hydrogen-bond donors (Lipinski definition) is 1. The molecule has 20 heavy (non-hydrogen) atoms. The molecule has 0 aliphatic rings. The quantitative estimate of drug-likeness (QED) is 0.910. The molecule has 0 aliphatic heterocycles. The zero-order chi connectivity index (χ0) is 14.9. The Bertz CT molecular complexity index is 628. The minimum atomic E-state index is -0.687. The standard InChI is InChI=1S/C14H16BrClN2O2/c1-8-14(15)11(18(2)17-8)7-12(19)10-5-4-9(16)6-13(10)20-3/h4-6,12,19H,7H2,1-3H3. The molecule has 1 unspecified atom stereocenters. The maximum absolute atomic E-state index is 10.4. The minimum absolute atomic E-state index is 0.440. The van der Waals surface area contributed by atoms with E-state index >= 15 is 0 Å². The predicted octanol–water partition coefficient (Wildman–Crippen LogP) is 3.43. The molecule has 1 N–H and O–H groups in total. The summed E-state index contributed by atoms with van der Waals surface area (Å²) in [5, 5.41) is 15.3. The monoisotopic (exact) mass is 358 g/mol. The van der Waals surface area contributed by atoms with Crippen LogP contribution < -0.4 is 4.74 Å². The molecule has 6 heteroatoms. The Morgan fingerprint density at radius 2 is 2.20 bits per heavy atom. The van der Waals surface area contributed by atoms with Crippen LogP contribution in [-0.2, 0) is 13.5 Å². The summed E-state index contributed by atoms with van der Waals surface area (Å²) in [5.41, 5.74) is 2.55. The molecule has 4 nitrogen and oxygen atoms in total. The molecule has 0 bridgehead atoms. The van der Waals surface area contributed by atoms with Gasteiger partial charge in [-0.15, -0.1) is 0 Å². The van der Waals surface area contributed by atoms with Gasteiger partial charge in [-0.05, 0) is 35.0 Å². The van der Waals surface area contributed by atoms with Crippen LogP contribution in [0.15, 0.2) is 22.7 Å².